The summed E-state index contributed by atoms with van der Waals surface area (Å²) < 4.78 is 21.6. The van der Waals surface area contributed by atoms with Crippen molar-refractivity contribution in [3.63, 3.8) is 0 Å². The average molecular weight is 500 g/mol. The Morgan fingerprint density at radius 1 is 1.03 bits per heavy atom. The topological polar surface area (TPSA) is 134 Å². The fourth-order valence-corrected chi connectivity index (χ4v) is 3.36. The third-order valence-electron chi connectivity index (χ3n) is 5.00. The van der Waals surface area contributed by atoms with E-state index < -0.39 is 17.7 Å². The number of unbranched alkanes of at least 4 members (excludes halogenated alkanes) is 1. The van der Waals surface area contributed by atoms with Crippen LogP contribution in [0.1, 0.15) is 44.0 Å². The van der Waals surface area contributed by atoms with E-state index in [1.54, 1.807) is 31.4 Å². The third kappa shape index (κ3) is 7.38. The van der Waals surface area contributed by atoms with Crippen LogP contribution in [0, 0.1) is 0 Å². The zero-order valence-electron chi connectivity index (χ0n) is 21.3. The van der Waals surface area contributed by atoms with E-state index in [0.717, 1.165) is 23.6 Å². The number of carbonyl (C=O) groups is 2. The molecule has 3 aromatic rings. The summed E-state index contributed by atoms with van der Waals surface area (Å²) in [7, 11) is 3.06. The van der Waals surface area contributed by atoms with Crippen LogP contribution in [-0.4, -0.2) is 73.1 Å². The molecule has 0 aliphatic rings. The molecule has 0 spiro atoms. The van der Waals surface area contributed by atoms with Crippen LogP contribution in [0.2, 0.25) is 0 Å². The summed E-state index contributed by atoms with van der Waals surface area (Å²) in [6, 6.07) is 5.13. The Labute approximate surface area is 209 Å². The normalized spacial score (nSPS) is 11.4. The zero-order chi connectivity index (χ0) is 26.1. The predicted molar refractivity (Wildman–Crippen MR) is 136 cm³/mol. The van der Waals surface area contributed by atoms with Crippen LogP contribution >= 0.6 is 0 Å². The Morgan fingerprint density at radius 3 is 2.56 bits per heavy atom. The van der Waals surface area contributed by atoms with Crippen molar-refractivity contribution >= 4 is 39.8 Å². The number of amides is 1. The second-order valence-corrected chi connectivity index (χ2v) is 8.94. The number of nitrogens with one attached hydrogen (secondary N) is 2. The quantitative estimate of drug-likeness (QED) is 0.228. The van der Waals surface area contributed by atoms with Crippen molar-refractivity contribution in [2.75, 3.05) is 45.8 Å². The number of hydrogen-bond acceptors (Lipinski definition) is 10. The Balaban J connectivity index is 1.56. The highest BCUT2D eigenvalue weighted by Gasteiger charge is 2.16. The summed E-state index contributed by atoms with van der Waals surface area (Å²) in [6.07, 6.45) is 2.83. The molecule has 0 atom stereocenters. The first-order valence-corrected chi connectivity index (χ1v) is 11.8. The molecule has 1 amide bonds. The Kier molecular flexibility index (Phi) is 9.18. The molecule has 3 rings (SSSR count). The van der Waals surface area contributed by atoms with E-state index in [2.05, 4.69) is 25.6 Å². The van der Waals surface area contributed by atoms with Gasteiger partial charge in [0, 0.05) is 37.2 Å². The number of methoxy groups -OCH3 is 1. The number of rotatable bonds is 11. The fourth-order valence-electron chi connectivity index (χ4n) is 3.36. The van der Waals surface area contributed by atoms with Gasteiger partial charge in [-0.3, -0.25) is 0 Å². The molecule has 2 aromatic heterocycles. The number of ether oxygens (including phenoxy) is 4. The van der Waals surface area contributed by atoms with Crippen molar-refractivity contribution in [2.45, 2.75) is 39.2 Å². The van der Waals surface area contributed by atoms with Gasteiger partial charge in [0.05, 0.1) is 24.8 Å². The molecule has 0 aliphatic carbocycles. The van der Waals surface area contributed by atoms with E-state index in [4.69, 9.17) is 18.9 Å². The second kappa shape index (κ2) is 12.3. The first-order chi connectivity index (χ1) is 17.2. The highest BCUT2D eigenvalue weighted by Crippen LogP contribution is 2.30. The maximum absolute atomic E-state index is 12.0. The molecule has 0 bridgehead atoms. The van der Waals surface area contributed by atoms with E-state index in [1.165, 1.54) is 7.11 Å². The van der Waals surface area contributed by atoms with Crippen LogP contribution < -0.4 is 15.4 Å². The molecule has 2 heterocycles. The summed E-state index contributed by atoms with van der Waals surface area (Å²) in [5.41, 5.74) is 1.00. The molecule has 1 aromatic carbocycles. The van der Waals surface area contributed by atoms with Crippen molar-refractivity contribution < 1.29 is 28.5 Å². The number of anilines is 1. The molecule has 194 valence electrons. The Bertz CT molecular complexity index is 1210. The highest BCUT2D eigenvalue weighted by atomic mass is 16.6. The highest BCUT2D eigenvalue weighted by molar-refractivity contribution is 6.07. The van der Waals surface area contributed by atoms with Gasteiger partial charge in [-0.1, -0.05) is 6.07 Å². The van der Waals surface area contributed by atoms with Crippen LogP contribution in [0.15, 0.2) is 24.4 Å². The number of nitrogens with zero attached hydrogens (tertiary/aromatic N) is 3. The molecular formula is C25H33N5O6. The van der Waals surface area contributed by atoms with Crippen LogP contribution in [0.25, 0.3) is 21.8 Å². The minimum Gasteiger partial charge on any atom is -0.474 e. The standard InChI is InChI=1S/C25H33N5O6/c1-25(2,3)36-24(32)27-10-6-7-11-34-12-13-35-21-20-18(15-28-23(26-4)30-20)17-9-8-16(22(31)33-5)14-19(17)29-21/h8-9,14-15H,6-7,10-13H2,1-5H3,(H,27,32)(H,26,28,30). The molecule has 0 radical (unpaired) electrons. The van der Waals surface area contributed by atoms with Gasteiger partial charge < -0.3 is 29.6 Å². The van der Waals surface area contributed by atoms with Crippen LogP contribution in [0.3, 0.4) is 0 Å². The minimum atomic E-state index is -0.511. The fraction of sp³-hybridized carbons (Fsp3) is 0.480. The molecule has 0 fully saturated rings. The van der Waals surface area contributed by atoms with Crippen LogP contribution in [0.5, 0.6) is 5.88 Å². The maximum atomic E-state index is 12.0. The van der Waals surface area contributed by atoms with E-state index in [-0.39, 0.29) is 6.61 Å². The Hall–Kier alpha value is -3.73. The second-order valence-electron chi connectivity index (χ2n) is 8.94. The van der Waals surface area contributed by atoms with E-state index in [0.29, 0.717) is 48.2 Å². The van der Waals surface area contributed by atoms with E-state index >= 15 is 0 Å². The largest absolute Gasteiger partial charge is 0.474 e. The molecule has 11 heteroatoms. The first kappa shape index (κ1) is 26.9. The summed E-state index contributed by atoms with van der Waals surface area (Å²) in [5.74, 6) is 0.317. The van der Waals surface area contributed by atoms with Gasteiger partial charge in [0.15, 0.2) is 0 Å². The van der Waals surface area contributed by atoms with Crippen molar-refractivity contribution in [2.24, 2.45) is 0 Å². The number of pyridine rings is 1. The molecule has 0 unspecified atom stereocenters. The summed E-state index contributed by atoms with van der Waals surface area (Å²) in [4.78, 5) is 37.0. The van der Waals surface area contributed by atoms with Crippen molar-refractivity contribution in [1.82, 2.24) is 20.3 Å². The van der Waals surface area contributed by atoms with Gasteiger partial charge in [0.25, 0.3) is 0 Å². The Morgan fingerprint density at radius 2 is 1.83 bits per heavy atom. The molecule has 0 saturated heterocycles. The van der Waals surface area contributed by atoms with E-state index in [1.807, 2.05) is 20.8 Å². The number of alkyl carbamates (subject to hydrolysis) is 1. The summed E-state index contributed by atoms with van der Waals surface area (Å²) in [5, 5.41) is 7.19. The number of fused-ring (bicyclic) bond motifs is 3. The molecule has 0 saturated carbocycles. The van der Waals surface area contributed by atoms with Crippen molar-refractivity contribution in [1.29, 1.82) is 0 Å². The zero-order valence-corrected chi connectivity index (χ0v) is 21.3. The maximum Gasteiger partial charge on any atom is 0.407 e. The smallest absolute Gasteiger partial charge is 0.407 e. The molecule has 2 N–H and O–H groups in total. The van der Waals surface area contributed by atoms with Crippen LogP contribution in [-0.2, 0) is 14.2 Å². The van der Waals surface area contributed by atoms with Crippen molar-refractivity contribution in [3.05, 3.63) is 30.0 Å². The molecular weight excluding hydrogens is 466 g/mol. The number of esters is 1. The van der Waals surface area contributed by atoms with Gasteiger partial charge >= 0.3 is 12.1 Å². The minimum absolute atomic E-state index is 0.263. The number of hydrogen-bond donors (Lipinski definition) is 2. The van der Waals surface area contributed by atoms with Gasteiger partial charge in [0.1, 0.15) is 17.7 Å². The number of aromatic nitrogens is 3. The summed E-state index contributed by atoms with van der Waals surface area (Å²) in [6.45, 7) is 7.13. The van der Waals surface area contributed by atoms with E-state index in [9.17, 15) is 9.59 Å². The first-order valence-electron chi connectivity index (χ1n) is 11.8. The average Bonchev–Trinajstić information content (AvgIpc) is 2.85. The lowest BCUT2D eigenvalue weighted by atomic mass is 10.1. The van der Waals surface area contributed by atoms with Gasteiger partial charge in [-0.15, -0.1) is 0 Å². The predicted octanol–water partition coefficient (Wildman–Crippen LogP) is 3.71. The van der Waals surface area contributed by atoms with Gasteiger partial charge in [-0.2, -0.15) is 0 Å². The lowest BCUT2D eigenvalue weighted by Crippen LogP contribution is -2.33. The lowest BCUT2D eigenvalue weighted by molar-refractivity contribution is 0.0522. The number of benzene rings is 1. The third-order valence-corrected chi connectivity index (χ3v) is 5.00. The van der Waals surface area contributed by atoms with Gasteiger partial charge in [0.2, 0.25) is 11.8 Å². The molecule has 11 nitrogen and oxygen atoms in total. The molecule has 36 heavy (non-hydrogen) atoms. The molecule has 0 aliphatic heterocycles. The summed E-state index contributed by atoms with van der Waals surface area (Å²) >= 11 is 0. The van der Waals surface area contributed by atoms with Crippen molar-refractivity contribution in [3.8, 4) is 5.88 Å². The number of carbonyl (C=O) groups excluding carboxylic acids is 2. The van der Waals surface area contributed by atoms with Gasteiger partial charge in [-0.25, -0.2) is 24.5 Å². The SMILES string of the molecule is CNc1ncc2c(n1)c(OCCOCCCCNC(=O)OC(C)(C)C)nc1cc(C(=O)OC)ccc12. The lowest BCUT2D eigenvalue weighted by Gasteiger charge is -2.19. The monoisotopic (exact) mass is 499 g/mol. The van der Waals surface area contributed by atoms with Crippen LogP contribution in [0.4, 0.5) is 10.7 Å². The van der Waals surface area contributed by atoms with Gasteiger partial charge in [-0.05, 0) is 45.7 Å².